The van der Waals surface area contributed by atoms with E-state index in [1.54, 1.807) is 0 Å². The van der Waals surface area contributed by atoms with Crippen LogP contribution >= 0.6 is 11.6 Å². The summed E-state index contributed by atoms with van der Waals surface area (Å²) >= 11 is 5.70. The van der Waals surface area contributed by atoms with Gasteiger partial charge in [0.15, 0.2) is 0 Å². The van der Waals surface area contributed by atoms with Crippen molar-refractivity contribution in [3.63, 3.8) is 0 Å². The lowest BCUT2D eigenvalue weighted by molar-refractivity contribution is 0.0743. The molecule has 1 aliphatic rings. The van der Waals surface area contributed by atoms with Crippen LogP contribution in [-0.4, -0.2) is 33.6 Å². The number of nitrogens with zero attached hydrogens (tertiary/aromatic N) is 3. The number of hydrogen-bond acceptors (Lipinski definition) is 2. The van der Waals surface area contributed by atoms with Crippen molar-refractivity contribution < 1.29 is 0 Å². The van der Waals surface area contributed by atoms with Crippen molar-refractivity contribution in [1.29, 1.82) is 0 Å². The number of alkyl halides is 1. The molecule has 0 spiro atoms. The van der Waals surface area contributed by atoms with Crippen LogP contribution in [0, 0.1) is 0 Å². The second-order valence-electron chi connectivity index (χ2n) is 4.15. The minimum Gasteiger partial charge on any atom is -0.332 e. The summed E-state index contributed by atoms with van der Waals surface area (Å²) < 4.78 is 2.18. The zero-order valence-electron chi connectivity index (χ0n) is 8.65. The van der Waals surface area contributed by atoms with Gasteiger partial charge in [0, 0.05) is 25.3 Å². The van der Waals surface area contributed by atoms with Crippen molar-refractivity contribution in [2.75, 3.05) is 13.1 Å². The quantitative estimate of drug-likeness (QED) is 0.715. The number of aromatic nitrogens is 2. The van der Waals surface area contributed by atoms with E-state index in [1.165, 1.54) is 0 Å². The molecule has 0 bridgehead atoms. The lowest BCUT2D eigenvalue weighted by Crippen LogP contribution is -2.50. The monoisotopic (exact) mass is 213 g/mol. The summed E-state index contributed by atoms with van der Waals surface area (Å²) in [6.45, 7) is 6.73. The molecular weight excluding hydrogens is 198 g/mol. The predicted octanol–water partition coefficient (Wildman–Crippen LogP) is 1.89. The Bertz CT molecular complexity index is 302. The topological polar surface area (TPSA) is 21.1 Å². The Labute approximate surface area is 89.7 Å². The van der Waals surface area contributed by atoms with E-state index in [2.05, 4.69) is 34.5 Å². The van der Waals surface area contributed by atoms with Crippen molar-refractivity contribution in [2.45, 2.75) is 31.8 Å². The van der Waals surface area contributed by atoms with Gasteiger partial charge >= 0.3 is 0 Å². The highest BCUT2D eigenvalue weighted by atomic mass is 35.5. The number of halogens is 1. The normalized spacial score (nSPS) is 18.9. The Morgan fingerprint density at radius 1 is 1.57 bits per heavy atom. The average Bonchev–Trinajstić information content (AvgIpc) is 2.49. The highest BCUT2D eigenvalue weighted by Crippen LogP contribution is 2.23. The van der Waals surface area contributed by atoms with Crippen LogP contribution in [0.3, 0.4) is 0 Å². The first-order valence-corrected chi connectivity index (χ1v) is 5.56. The first-order chi connectivity index (χ1) is 6.70. The molecule has 0 aliphatic carbocycles. The van der Waals surface area contributed by atoms with Crippen molar-refractivity contribution in [1.82, 2.24) is 14.5 Å². The molecule has 3 nitrogen and oxygen atoms in total. The highest BCUT2D eigenvalue weighted by Gasteiger charge is 2.29. The van der Waals surface area contributed by atoms with Crippen LogP contribution < -0.4 is 0 Å². The summed E-state index contributed by atoms with van der Waals surface area (Å²) in [4.78, 5) is 6.67. The van der Waals surface area contributed by atoms with E-state index in [0.717, 1.165) is 18.8 Å². The van der Waals surface area contributed by atoms with Gasteiger partial charge in [-0.2, -0.15) is 0 Å². The summed E-state index contributed by atoms with van der Waals surface area (Å²) in [5, 5.41) is 0. The van der Waals surface area contributed by atoms with E-state index in [-0.39, 0.29) is 0 Å². The molecule has 0 radical (unpaired) electrons. The largest absolute Gasteiger partial charge is 0.332 e. The van der Waals surface area contributed by atoms with Gasteiger partial charge in [0.25, 0.3) is 0 Å². The zero-order chi connectivity index (χ0) is 10.1. The molecular formula is C10H16ClN3. The maximum atomic E-state index is 5.70. The summed E-state index contributed by atoms with van der Waals surface area (Å²) in [6, 6.07) is 1.25. The van der Waals surface area contributed by atoms with Gasteiger partial charge in [0.1, 0.15) is 0 Å². The molecule has 1 aliphatic heterocycles. The molecule has 0 atom stereocenters. The van der Waals surface area contributed by atoms with Gasteiger partial charge in [-0.15, -0.1) is 11.6 Å². The Balaban J connectivity index is 1.93. The van der Waals surface area contributed by atoms with Crippen molar-refractivity contribution in [3.8, 4) is 0 Å². The van der Waals surface area contributed by atoms with Crippen LogP contribution in [0.5, 0.6) is 0 Å². The van der Waals surface area contributed by atoms with E-state index in [1.807, 2.05) is 6.33 Å². The Hall–Kier alpha value is -0.540. The van der Waals surface area contributed by atoms with Gasteiger partial charge in [-0.3, -0.25) is 4.90 Å². The van der Waals surface area contributed by atoms with Crippen LogP contribution in [0.1, 0.15) is 25.6 Å². The van der Waals surface area contributed by atoms with Crippen LogP contribution in [0.2, 0.25) is 0 Å². The van der Waals surface area contributed by atoms with Gasteiger partial charge in [-0.1, -0.05) is 0 Å². The van der Waals surface area contributed by atoms with E-state index in [0.29, 0.717) is 18.0 Å². The van der Waals surface area contributed by atoms with E-state index in [4.69, 9.17) is 11.6 Å². The molecule has 0 aromatic carbocycles. The third-order valence-corrected chi connectivity index (χ3v) is 3.11. The highest BCUT2D eigenvalue weighted by molar-refractivity contribution is 6.16. The molecule has 1 fully saturated rings. The van der Waals surface area contributed by atoms with Crippen LogP contribution in [0.25, 0.3) is 0 Å². The molecule has 0 saturated carbocycles. The Morgan fingerprint density at radius 2 is 2.29 bits per heavy atom. The molecule has 0 unspecified atom stereocenters. The SMILES string of the molecule is CC(C)N1CC(n2cnc(CCl)c2)C1. The van der Waals surface area contributed by atoms with Gasteiger partial charge in [-0.25, -0.2) is 4.98 Å². The van der Waals surface area contributed by atoms with E-state index >= 15 is 0 Å². The fourth-order valence-corrected chi connectivity index (χ4v) is 1.88. The van der Waals surface area contributed by atoms with Gasteiger partial charge in [0.2, 0.25) is 0 Å². The predicted molar refractivity (Wildman–Crippen MR) is 57.5 cm³/mol. The third-order valence-electron chi connectivity index (χ3n) is 2.83. The molecule has 1 saturated heterocycles. The molecule has 14 heavy (non-hydrogen) atoms. The maximum Gasteiger partial charge on any atom is 0.0953 e. The Kier molecular flexibility index (Phi) is 2.79. The first-order valence-electron chi connectivity index (χ1n) is 5.03. The number of rotatable bonds is 3. The molecule has 2 rings (SSSR count). The lowest BCUT2D eigenvalue weighted by atomic mass is 10.1. The Morgan fingerprint density at radius 3 is 2.79 bits per heavy atom. The molecule has 4 heteroatoms. The number of hydrogen-bond donors (Lipinski definition) is 0. The number of likely N-dealkylation sites (tertiary alicyclic amines) is 1. The van der Waals surface area contributed by atoms with E-state index < -0.39 is 0 Å². The molecule has 78 valence electrons. The van der Waals surface area contributed by atoms with Crippen molar-refractivity contribution in [2.24, 2.45) is 0 Å². The van der Waals surface area contributed by atoms with Crippen LogP contribution in [-0.2, 0) is 5.88 Å². The fraction of sp³-hybridized carbons (Fsp3) is 0.700. The average molecular weight is 214 g/mol. The molecule has 0 amide bonds. The summed E-state index contributed by atoms with van der Waals surface area (Å²) in [5.74, 6) is 0.508. The van der Waals surface area contributed by atoms with Crippen LogP contribution in [0.15, 0.2) is 12.5 Å². The lowest BCUT2D eigenvalue weighted by Gasteiger charge is -2.42. The maximum absolute atomic E-state index is 5.70. The van der Waals surface area contributed by atoms with Crippen molar-refractivity contribution in [3.05, 3.63) is 18.2 Å². The minimum atomic E-state index is 0.508. The smallest absolute Gasteiger partial charge is 0.0953 e. The van der Waals surface area contributed by atoms with Crippen molar-refractivity contribution >= 4 is 11.6 Å². The first kappa shape index (κ1) is 9.99. The van der Waals surface area contributed by atoms with Gasteiger partial charge < -0.3 is 4.57 Å². The summed E-state index contributed by atoms with van der Waals surface area (Å²) in [6.07, 6.45) is 3.94. The van der Waals surface area contributed by atoms with Gasteiger partial charge in [-0.05, 0) is 13.8 Å². The minimum absolute atomic E-state index is 0.508. The molecule has 0 N–H and O–H groups in total. The summed E-state index contributed by atoms with van der Waals surface area (Å²) in [7, 11) is 0. The molecule has 2 heterocycles. The molecule has 1 aromatic heterocycles. The fourth-order valence-electron chi connectivity index (χ4n) is 1.75. The van der Waals surface area contributed by atoms with Crippen LogP contribution in [0.4, 0.5) is 0 Å². The summed E-state index contributed by atoms with van der Waals surface area (Å²) in [5.41, 5.74) is 0.967. The second-order valence-corrected chi connectivity index (χ2v) is 4.41. The molecule has 1 aromatic rings. The second kappa shape index (κ2) is 3.91. The zero-order valence-corrected chi connectivity index (χ0v) is 9.41. The standard InChI is InChI=1S/C10H16ClN3/c1-8(2)13-5-10(6-13)14-4-9(3-11)12-7-14/h4,7-8,10H,3,5-6H2,1-2H3. The number of imidazole rings is 1. The third kappa shape index (κ3) is 1.79. The van der Waals surface area contributed by atoms with Gasteiger partial charge in [0.05, 0.1) is 23.9 Å². The van der Waals surface area contributed by atoms with E-state index in [9.17, 15) is 0 Å².